The van der Waals surface area contributed by atoms with Crippen LogP contribution in [0.3, 0.4) is 0 Å². The lowest BCUT2D eigenvalue weighted by molar-refractivity contribution is -0.141. The highest BCUT2D eigenvalue weighted by molar-refractivity contribution is 5.77. The fraction of sp³-hybridized carbons (Fsp3) is 0.833. The van der Waals surface area contributed by atoms with E-state index in [1.807, 2.05) is 23.4 Å². The summed E-state index contributed by atoms with van der Waals surface area (Å²) in [6.07, 6.45) is 7.13. The van der Waals surface area contributed by atoms with Crippen LogP contribution in [0.5, 0.6) is 0 Å². The Labute approximate surface area is 144 Å². The van der Waals surface area contributed by atoms with Gasteiger partial charge in [0.2, 0.25) is 5.91 Å². The van der Waals surface area contributed by atoms with Crippen molar-refractivity contribution in [2.75, 3.05) is 19.7 Å². The second-order valence-electron chi connectivity index (χ2n) is 7.40. The number of nitrogens with zero attached hydrogens (tertiary/aromatic N) is 4. The van der Waals surface area contributed by atoms with E-state index in [0.717, 1.165) is 37.5 Å². The molecule has 1 aromatic rings. The van der Waals surface area contributed by atoms with Gasteiger partial charge in [-0.1, -0.05) is 19.8 Å². The number of hydrogen-bond acceptors (Lipinski definition) is 4. The van der Waals surface area contributed by atoms with Crippen LogP contribution in [-0.2, 0) is 9.53 Å². The van der Waals surface area contributed by atoms with Gasteiger partial charge < -0.3 is 9.64 Å². The highest BCUT2D eigenvalue weighted by Crippen LogP contribution is 2.27. The van der Waals surface area contributed by atoms with E-state index < -0.39 is 0 Å². The molecule has 134 valence electrons. The van der Waals surface area contributed by atoms with Crippen molar-refractivity contribution in [3.8, 4) is 0 Å². The van der Waals surface area contributed by atoms with Crippen LogP contribution in [0.1, 0.15) is 63.1 Å². The van der Waals surface area contributed by atoms with Gasteiger partial charge >= 0.3 is 0 Å². The standard InChI is InChI=1S/C18H30N4O2/c1-13-7-4-5-9-17(13)24-12-18(23)21-10-6-8-16(11-21)22-15(3)19-14(2)20-22/h13,16-17H,4-12H2,1-3H3/t13-,16-,17-/m1/s1. The summed E-state index contributed by atoms with van der Waals surface area (Å²) in [5, 5.41) is 4.49. The van der Waals surface area contributed by atoms with Crippen LogP contribution < -0.4 is 0 Å². The summed E-state index contributed by atoms with van der Waals surface area (Å²) in [4.78, 5) is 18.9. The lowest BCUT2D eigenvalue weighted by Crippen LogP contribution is -2.43. The monoisotopic (exact) mass is 334 g/mol. The predicted molar refractivity (Wildman–Crippen MR) is 91.7 cm³/mol. The Hall–Kier alpha value is -1.43. The molecule has 1 amide bonds. The number of ether oxygens (including phenoxy) is 1. The largest absolute Gasteiger partial charge is 0.368 e. The maximum Gasteiger partial charge on any atom is 0.248 e. The van der Waals surface area contributed by atoms with Crippen molar-refractivity contribution in [3.05, 3.63) is 11.6 Å². The van der Waals surface area contributed by atoms with Crippen molar-refractivity contribution in [2.24, 2.45) is 5.92 Å². The molecule has 6 nitrogen and oxygen atoms in total. The Morgan fingerprint density at radius 3 is 2.71 bits per heavy atom. The zero-order chi connectivity index (χ0) is 17.1. The van der Waals surface area contributed by atoms with Gasteiger partial charge in [0, 0.05) is 13.1 Å². The summed E-state index contributed by atoms with van der Waals surface area (Å²) < 4.78 is 7.94. The molecule has 2 fully saturated rings. The molecule has 2 heterocycles. The second-order valence-corrected chi connectivity index (χ2v) is 7.40. The van der Waals surface area contributed by atoms with Gasteiger partial charge in [-0.3, -0.25) is 4.79 Å². The lowest BCUT2D eigenvalue weighted by Gasteiger charge is -2.34. The molecular formula is C18H30N4O2. The first-order valence-corrected chi connectivity index (χ1v) is 9.33. The summed E-state index contributed by atoms with van der Waals surface area (Å²) >= 11 is 0. The Morgan fingerprint density at radius 1 is 1.21 bits per heavy atom. The van der Waals surface area contributed by atoms with E-state index in [-0.39, 0.29) is 24.7 Å². The number of hydrogen-bond donors (Lipinski definition) is 0. The molecule has 1 saturated carbocycles. The molecule has 3 atom stereocenters. The smallest absolute Gasteiger partial charge is 0.248 e. The molecule has 0 bridgehead atoms. The topological polar surface area (TPSA) is 60.2 Å². The van der Waals surface area contributed by atoms with Crippen LogP contribution in [-0.4, -0.2) is 51.4 Å². The first-order valence-electron chi connectivity index (χ1n) is 9.33. The summed E-state index contributed by atoms with van der Waals surface area (Å²) in [5.74, 6) is 2.41. The van der Waals surface area contributed by atoms with E-state index in [2.05, 4.69) is 17.0 Å². The fourth-order valence-electron chi connectivity index (χ4n) is 4.06. The minimum Gasteiger partial charge on any atom is -0.368 e. The van der Waals surface area contributed by atoms with Gasteiger partial charge in [0.05, 0.1) is 12.1 Å². The number of likely N-dealkylation sites (tertiary alicyclic amines) is 1. The Morgan fingerprint density at radius 2 is 2.00 bits per heavy atom. The van der Waals surface area contributed by atoms with Crippen molar-refractivity contribution in [1.29, 1.82) is 0 Å². The van der Waals surface area contributed by atoms with Gasteiger partial charge in [-0.15, -0.1) is 0 Å². The van der Waals surface area contributed by atoms with Crippen LogP contribution in [0.25, 0.3) is 0 Å². The maximum absolute atomic E-state index is 12.6. The van der Waals surface area contributed by atoms with Crippen LogP contribution in [0, 0.1) is 19.8 Å². The first kappa shape index (κ1) is 17.4. The second kappa shape index (κ2) is 7.64. The first-order chi connectivity index (χ1) is 11.5. The molecule has 0 spiro atoms. The summed E-state index contributed by atoms with van der Waals surface area (Å²) in [6, 6.07) is 0.234. The molecule has 24 heavy (non-hydrogen) atoms. The van der Waals surface area contributed by atoms with Crippen molar-refractivity contribution >= 4 is 5.91 Å². The minimum atomic E-state index is 0.118. The van der Waals surface area contributed by atoms with Gasteiger partial charge in [-0.2, -0.15) is 5.10 Å². The Kier molecular flexibility index (Phi) is 5.54. The van der Waals surface area contributed by atoms with E-state index >= 15 is 0 Å². The number of carbonyl (C=O) groups is 1. The minimum absolute atomic E-state index is 0.118. The van der Waals surface area contributed by atoms with Gasteiger partial charge in [-0.25, -0.2) is 9.67 Å². The molecule has 1 aliphatic carbocycles. The van der Waals surface area contributed by atoms with Crippen molar-refractivity contribution < 1.29 is 9.53 Å². The number of aromatic nitrogens is 3. The zero-order valence-corrected chi connectivity index (χ0v) is 15.2. The van der Waals surface area contributed by atoms with Crippen LogP contribution in [0.4, 0.5) is 0 Å². The average molecular weight is 334 g/mol. The molecule has 2 aliphatic rings. The molecule has 1 aliphatic heterocycles. The molecule has 0 unspecified atom stereocenters. The zero-order valence-electron chi connectivity index (χ0n) is 15.2. The highest BCUT2D eigenvalue weighted by atomic mass is 16.5. The van der Waals surface area contributed by atoms with E-state index in [4.69, 9.17) is 4.74 Å². The molecule has 0 N–H and O–H groups in total. The number of piperidine rings is 1. The summed E-state index contributed by atoms with van der Waals surface area (Å²) in [5.41, 5.74) is 0. The van der Waals surface area contributed by atoms with E-state index in [0.29, 0.717) is 12.5 Å². The van der Waals surface area contributed by atoms with Crippen LogP contribution >= 0.6 is 0 Å². The van der Waals surface area contributed by atoms with Crippen LogP contribution in [0.15, 0.2) is 0 Å². The number of carbonyl (C=O) groups excluding carboxylic acids is 1. The summed E-state index contributed by atoms with van der Waals surface area (Å²) in [7, 11) is 0. The summed E-state index contributed by atoms with van der Waals surface area (Å²) in [6.45, 7) is 7.89. The van der Waals surface area contributed by atoms with Gasteiger partial charge in [0.15, 0.2) is 0 Å². The molecule has 1 saturated heterocycles. The average Bonchev–Trinajstić information content (AvgIpc) is 2.92. The lowest BCUT2D eigenvalue weighted by atomic mass is 9.88. The number of rotatable bonds is 4. The highest BCUT2D eigenvalue weighted by Gasteiger charge is 2.28. The third-order valence-electron chi connectivity index (χ3n) is 5.46. The van der Waals surface area contributed by atoms with Crippen molar-refractivity contribution in [3.63, 3.8) is 0 Å². The van der Waals surface area contributed by atoms with E-state index in [1.165, 1.54) is 19.3 Å². The predicted octanol–water partition coefficient (Wildman–Crippen LogP) is 2.65. The molecule has 3 rings (SSSR count). The Balaban J connectivity index is 1.54. The van der Waals surface area contributed by atoms with Crippen molar-refractivity contribution in [2.45, 2.75) is 71.4 Å². The fourth-order valence-corrected chi connectivity index (χ4v) is 4.06. The third-order valence-corrected chi connectivity index (χ3v) is 5.46. The van der Waals surface area contributed by atoms with Gasteiger partial charge in [-0.05, 0) is 45.4 Å². The molecular weight excluding hydrogens is 304 g/mol. The van der Waals surface area contributed by atoms with E-state index in [9.17, 15) is 4.79 Å². The van der Waals surface area contributed by atoms with Crippen LogP contribution in [0.2, 0.25) is 0 Å². The van der Waals surface area contributed by atoms with Gasteiger partial charge in [0.25, 0.3) is 0 Å². The van der Waals surface area contributed by atoms with E-state index in [1.54, 1.807) is 0 Å². The molecule has 0 aromatic carbocycles. The normalized spacial score (nSPS) is 28.1. The number of amides is 1. The quantitative estimate of drug-likeness (QED) is 0.849. The number of aryl methyl sites for hydroxylation is 2. The molecule has 0 radical (unpaired) electrons. The Bertz CT molecular complexity index is 571. The molecule has 6 heteroatoms. The third kappa shape index (κ3) is 3.97. The maximum atomic E-state index is 12.6. The van der Waals surface area contributed by atoms with Crippen molar-refractivity contribution in [1.82, 2.24) is 19.7 Å². The molecule has 1 aromatic heterocycles. The SMILES string of the molecule is Cc1nc(C)n([C@@H]2CCCN(C(=O)CO[C@@H]3CCCC[C@H]3C)C2)n1. The van der Waals surface area contributed by atoms with Gasteiger partial charge in [0.1, 0.15) is 18.3 Å².